The van der Waals surface area contributed by atoms with Crippen LogP contribution in [-0.2, 0) is 19.6 Å². The number of phenolic OH excluding ortho intramolecular Hbond substituents is 6. The third-order valence-corrected chi connectivity index (χ3v) is 6.08. The molecule has 0 heterocycles. The molecule has 3 rings (SSSR count). The van der Waals surface area contributed by atoms with Crippen molar-refractivity contribution in [2.45, 2.75) is 52.2 Å². The Kier molecular flexibility index (Phi) is 13.7. The Hall–Kier alpha value is -4.58. The van der Waals surface area contributed by atoms with Gasteiger partial charge in [-0.1, -0.05) is 44.4 Å². The van der Waals surface area contributed by atoms with E-state index >= 15 is 0 Å². The second kappa shape index (κ2) is 17.2. The number of thiocarbonyl (C=S) groups is 1. The summed E-state index contributed by atoms with van der Waals surface area (Å²) in [5.74, 6) is -1.17. The van der Waals surface area contributed by atoms with Gasteiger partial charge in [-0.25, -0.2) is 4.79 Å². The summed E-state index contributed by atoms with van der Waals surface area (Å²) < 4.78 is 0. The number of urea groups is 1. The minimum absolute atomic E-state index is 0.111. The van der Waals surface area contributed by atoms with Gasteiger partial charge in [0.1, 0.15) is 0 Å². The van der Waals surface area contributed by atoms with Crippen LogP contribution in [0.3, 0.4) is 0 Å². The van der Waals surface area contributed by atoms with Gasteiger partial charge in [-0.3, -0.25) is 0 Å². The van der Waals surface area contributed by atoms with E-state index in [9.17, 15) is 35.4 Å². The molecule has 0 aliphatic heterocycles. The van der Waals surface area contributed by atoms with Crippen LogP contribution in [0.25, 0.3) is 0 Å². The van der Waals surface area contributed by atoms with Gasteiger partial charge >= 0.3 is 6.03 Å². The quantitative estimate of drug-likeness (QED) is 0.0888. The Morgan fingerprint density at radius 1 is 0.585 bits per heavy atom. The SMILES string of the molecule is CCCCCCNC(=S)NCc1ccc(O)c(O)c1.O=C(NCc1ccc(O)c(O)c1)NCc1ccc(O)c(O)c1. The fraction of sp³-hybridized carbons (Fsp3) is 0.310. The van der Waals surface area contributed by atoms with Crippen molar-refractivity contribution >= 4 is 23.4 Å². The molecule has 0 saturated heterocycles. The molecule has 11 nitrogen and oxygen atoms in total. The van der Waals surface area contributed by atoms with E-state index in [1.807, 2.05) is 0 Å². The smallest absolute Gasteiger partial charge is 0.315 e. The lowest BCUT2D eigenvalue weighted by atomic mass is 10.2. The lowest BCUT2D eigenvalue weighted by Crippen LogP contribution is -2.35. The van der Waals surface area contributed by atoms with Crippen molar-refractivity contribution in [3.63, 3.8) is 0 Å². The second-order valence-corrected chi connectivity index (χ2v) is 9.58. The maximum absolute atomic E-state index is 11.6. The van der Waals surface area contributed by atoms with Crippen molar-refractivity contribution in [1.82, 2.24) is 21.3 Å². The first-order valence-electron chi connectivity index (χ1n) is 13.1. The molecule has 0 saturated carbocycles. The molecule has 2 amide bonds. The van der Waals surface area contributed by atoms with Crippen molar-refractivity contribution < 1.29 is 35.4 Å². The number of phenols is 6. The Morgan fingerprint density at radius 2 is 1.00 bits per heavy atom. The zero-order valence-corrected chi connectivity index (χ0v) is 23.7. The van der Waals surface area contributed by atoms with E-state index in [1.54, 1.807) is 18.2 Å². The molecule has 0 atom stereocenters. The number of hydrogen-bond donors (Lipinski definition) is 10. The minimum Gasteiger partial charge on any atom is -0.504 e. The molecule has 0 unspecified atom stereocenters. The van der Waals surface area contributed by atoms with Crippen LogP contribution in [0.1, 0.15) is 49.3 Å². The molecule has 12 heteroatoms. The molecule has 0 aliphatic rings. The van der Waals surface area contributed by atoms with E-state index in [-0.39, 0.29) is 47.6 Å². The summed E-state index contributed by atoms with van der Waals surface area (Å²) in [5, 5.41) is 67.6. The molecule has 3 aromatic rings. The minimum atomic E-state index is -0.430. The number of nitrogens with one attached hydrogen (secondary N) is 4. The van der Waals surface area contributed by atoms with Gasteiger partial charge in [-0.2, -0.15) is 0 Å². The highest BCUT2D eigenvalue weighted by Gasteiger charge is 2.06. The predicted molar refractivity (Wildman–Crippen MR) is 160 cm³/mol. The van der Waals surface area contributed by atoms with Gasteiger partial charge in [0.25, 0.3) is 0 Å². The average Bonchev–Trinajstić information content (AvgIpc) is 2.95. The Labute approximate surface area is 244 Å². The van der Waals surface area contributed by atoms with E-state index in [0.29, 0.717) is 22.8 Å². The summed E-state index contributed by atoms with van der Waals surface area (Å²) in [6.07, 6.45) is 4.83. The molecule has 0 aromatic heterocycles. The van der Waals surface area contributed by atoms with Crippen molar-refractivity contribution in [3.05, 3.63) is 71.3 Å². The molecule has 0 radical (unpaired) electrons. The van der Waals surface area contributed by atoms with E-state index in [2.05, 4.69) is 28.2 Å². The van der Waals surface area contributed by atoms with Gasteiger partial charge in [-0.05, 0) is 71.7 Å². The third kappa shape index (κ3) is 12.4. The standard InChI is InChI=1S/C15H16N2O5.C14H22N2O2S/c18-11-3-1-9(5-13(11)20)7-16-15(22)17-8-10-2-4-12(19)14(21)6-10;1-2-3-4-5-8-15-14(19)16-10-11-6-7-12(17)13(18)9-11/h1-6,18-21H,7-8H2,(H2,16,17,22);6-7,9,17-18H,2-5,8,10H2,1H3,(H2,15,16,19). The number of benzene rings is 3. The molecular weight excluding hydrogens is 548 g/mol. The van der Waals surface area contributed by atoms with Crippen molar-refractivity contribution in [3.8, 4) is 34.5 Å². The normalized spacial score (nSPS) is 10.2. The summed E-state index contributed by atoms with van der Waals surface area (Å²) in [7, 11) is 0. The van der Waals surface area contributed by atoms with Crippen LogP contribution < -0.4 is 21.3 Å². The third-order valence-electron chi connectivity index (χ3n) is 5.79. The molecule has 0 bridgehead atoms. The van der Waals surface area contributed by atoms with Crippen LogP contribution in [0.5, 0.6) is 34.5 Å². The number of carbonyl (C=O) groups excluding carboxylic acids is 1. The van der Waals surface area contributed by atoms with Gasteiger partial charge in [0.2, 0.25) is 0 Å². The van der Waals surface area contributed by atoms with E-state index in [1.165, 1.54) is 55.7 Å². The number of amides is 2. The molecule has 0 fully saturated rings. The molecular formula is C29H38N4O7S. The van der Waals surface area contributed by atoms with Crippen molar-refractivity contribution in [1.29, 1.82) is 0 Å². The molecule has 3 aromatic carbocycles. The monoisotopic (exact) mass is 586 g/mol. The molecule has 0 aliphatic carbocycles. The summed E-state index contributed by atoms with van der Waals surface area (Å²) >= 11 is 5.16. The topological polar surface area (TPSA) is 187 Å². The van der Waals surface area contributed by atoms with Gasteiger partial charge in [0, 0.05) is 26.2 Å². The molecule has 0 spiro atoms. The van der Waals surface area contributed by atoms with Gasteiger partial charge in [-0.15, -0.1) is 0 Å². The highest BCUT2D eigenvalue weighted by molar-refractivity contribution is 7.80. The zero-order valence-electron chi connectivity index (χ0n) is 22.9. The molecule has 10 N–H and O–H groups in total. The van der Waals surface area contributed by atoms with Gasteiger partial charge in [0.15, 0.2) is 39.6 Å². The lowest BCUT2D eigenvalue weighted by molar-refractivity contribution is 0.240. The fourth-order valence-corrected chi connectivity index (χ4v) is 3.64. The van der Waals surface area contributed by atoms with Gasteiger partial charge in [0.05, 0.1) is 0 Å². The number of carbonyl (C=O) groups is 1. The number of unbranched alkanes of at least 4 members (excludes halogenated alkanes) is 3. The Balaban J connectivity index is 0.000000290. The van der Waals surface area contributed by atoms with Crippen molar-refractivity contribution in [2.24, 2.45) is 0 Å². The first kappa shape index (κ1) is 32.6. The van der Waals surface area contributed by atoms with Crippen LogP contribution in [0.15, 0.2) is 54.6 Å². The van der Waals surface area contributed by atoms with E-state index in [0.717, 1.165) is 18.5 Å². The Bertz CT molecular complexity index is 1230. The van der Waals surface area contributed by atoms with Crippen LogP contribution in [-0.4, -0.2) is 48.3 Å². The lowest BCUT2D eigenvalue weighted by Gasteiger charge is -2.10. The summed E-state index contributed by atoms with van der Waals surface area (Å²) in [6.45, 7) is 3.95. The summed E-state index contributed by atoms with van der Waals surface area (Å²) in [6, 6.07) is 12.8. The number of hydrogen-bond acceptors (Lipinski definition) is 8. The maximum Gasteiger partial charge on any atom is 0.315 e. The predicted octanol–water partition coefficient (Wildman–Crippen LogP) is 4.15. The molecule has 222 valence electrons. The van der Waals surface area contributed by atoms with E-state index < -0.39 is 6.03 Å². The first-order chi connectivity index (χ1) is 19.6. The fourth-order valence-electron chi connectivity index (χ4n) is 3.46. The van der Waals surface area contributed by atoms with Crippen LogP contribution in [0.4, 0.5) is 4.79 Å². The zero-order chi connectivity index (χ0) is 30.2. The van der Waals surface area contributed by atoms with Crippen LogP contribution >= 0.6 is 12.2 Å². The average molecular weight is 587 g/mol. The largest absolute Gasteiger partial charge is 0.504 e. The number of rotatable bonds is 11. The molecule has 41 heavy (non-hydrogen) atoms. The maximum atomic E-state index is 11.6. The van der Waals surface area contributed by atoms with E-state index in [4.69, 9.17) is 12.2 Å². The number of aromatic hydroxyl groups is 6. The Morgan fingerprint density at radius 3 is 1.39 bits per heavy atom. The second-order valence-electron chi connectivity index (χ2n) is 9.18. The van der Waals surface area contributed by atoms with Crippen LogP contribution in [0.2, 0.25) is 0 Å². The van der Waals surface area contributed by atoms with Gasteiger partial charge < -0.3 is 51.9 Å². The highest BCUT2D eigenvalue weighted by atomic mass is 32.1. The summed E-state index contributed by atoms with van der Waals surface area (Å²) in [5.41, 5.74) is 2.13. The summed E-state index contributed by atoms with van der Waals surface area (Å²) in [4.78, 5) is 11.6. The van der Waals surface area contributed by atoms with Crippen molar-refractivity contribution in [2.75, 3.05) is 6.54 Å². The first-order valence-corrected chi connectivity index (χ1v) is 13.6. The van der Waals surface area contributed by atoms with Crippen LogP contribution in [0, 0.1) is 0 Å². The highest BCUT2D eigenvalue weighted by Crippen LogP contribution is 2.26.